The van der Waals surface area contributed by atoms with Gasteiger partial charge in [-0.15, -0.1) is 0 Å². The largest absolute Gasteiger partial charge is 0.495 e. The fourth-order valence-corrected chi connectivity index (χ4v) is 6.74. The zero-order valence-electron chi connectivity index (χ0n) is 15.6. The van der Waals surface area contributed by atoms with Crippen LogP contribution in [0.2, 0.25) is 0 Å². The quantitative estimate of drug-likeness (QED) is 0.790. The van der Waals surface area contributed by atoms with Gasteiger partial charge < -0.3 is 14.3 Å². The molecular formula is C20H23NO6S. The maximum atomic E-state index is 13.2. The number of piperidine rings is 1. The van der Waals surface area contributed by atoms with Crippen molar-refractivity contribution in [2.75, 3.05) is 7.11 Å². The zero-order valence-corrected chi connectivity index (χ0v) is 16.4. The highest BCUT2D eigenvalue weighted by molar-refractivity contribution is 7.88. The van der Waals surface area contributed by atoms with E-state index in [0.29, 0.717) is 11.1 Å². The summed E-state index contributed by atoms with van der Waals surface area (Å²) in [5, 5.41) is 9.81. The summed E-state index contributed by atoms with van der Waals surface area (Å²) < 4.78 is 38.5. The van der Waals surface area contributed by atoms with Crippen molar-refractivity contribution in [1.29, 1.82) is 0 Å². The van der Waals surface area contributed by atoms with Crippen LogP contribution in [0.25, 0.3) is 11.1 Å². The van der Waals surface area contributed by atoms with Crippen molar-refractivity contribution in [1.82, 2.24) is 4.31 Å². The predicted molar refractivity (Wildman–Crippen MR) is 103 cm³/mol. The molecule has 8 heteroatoms. The van der Waals surface area contributed by atoms with E-state index in [0.717, 1.165) is 32.1 Å². The molecule has 0 aliphatic carbocycles. The van der Waals surface area contributed by atoms with Gasteiger partial charge in [0.2, 0.25) is 10.0 Å². The fourth-order valence-electron chi connectivity index (χ4n) is 4.63. The Hall–Kier alpha value is -2.32. The maximum absolute atomic E-state index is 13.2. The molecule has 3 heterocycles. The van der Waals surface area contributed by atoms with Gasteiger partial charge in [-0.1, -0.05) is 18.6 Å². The van der Waals surface area contributed by atoms with Gasteiger partial charge in [0.25, 0.3) is 0 Å². The fraction of sp³-hybridized carbons (Fsp3) is 0.450. The number of hydrogen-bond donors (Lipinski definition) is 1. The van der Waals surface area contributed by atoms with Gasteiger partial charge in [-0.25, -0.2) is 13.2 Å². The summed E-state index contributed by atoms with van der Waals surface area (Å²) in [4.78, 5) is 12.0. The Labute approximate surface area is 164 Å². The molecule has 0 saturated carbocycles. The Morgan fingerprint density at radius 3 is 2.50 bits per heavy atom. The minimum absolute atomic E-state index is 0.0455. The smallest absolute Gasteiger partial charge is 0.339 e. The number of sulfonamides is 1. The van der Waals surface area contributed by atoms with Gasteiger partial charge in [0.1, 0.15) is 11.3 Å². The van der Waals surface area contributed by atoms with Crippen LogP contribution in [0.15, 0.2) is 35.1 Å². The van der Waals surface area contributed by atoms with Gasteiger partial charge in [0, 0.05) is 23.2 Å². The Kier molecular flexibility index (Phi) is 4.93. The van der Waals surface area contributed by atoms with Crippen LogP contribution < -0.4 is 4.74 Å². The molecule has 28 heavy (non-hydrogen) atoms. The first-order valence-electron chi connectivity index (χ1n) is 9.39. The lowest BCUT2D eigenvalue weighted by atomic mass is 9.99. The highest BCUT2D eigenvalue weighted by Crippen LogP contribution is 2.40. The van der Waals surface area contributed by atoms with E-state index in [-0.39, 0.29) is 34.7 Å². The molecule has 1 N–H and O–H groups in total. The van der Waals surface area contributed by atoms with Crippen LogP contribution in [0.4, 0.5) is 0 Å². The number of carboxylic acid groups (broad SMARTS) is 1. The van der Waals surface area contributed by atoms with E-state index in [9.17, 15) is 18.3 Å². The van der Waals surface area contributed by atoms with Crippen molar-refractivity contribution >= 4 is 16.0 Å². The average molecular weight is 405 g/mol. The Balaban J connectivity index is 1.75. The molecule has 2 aromatic rings. The van der Waals surface area contributed by atoms with E-state index in [1.54, 1.807) is 22.5 Å². The summed E-state index contributed by atoms with van der Waals surface area (Å²) in [6, 6.07) is 5.04. The molecule has 4 rings (SSSR count). The van der Waals surface area contributed by atoms with Crippen LogP contribution in [0, 0.1) is 0 Å². The number of carbonyl (C=O) groups is 1. The lowest BCUT2D eigenvalue weighted by Crippen LogP contribution is -2.44. The van der Waals surface area contributed by atoms with Crippen molar-refractivity contribution < 1.29 is 27.5 Å². The first-order valence-corrected chi connectivity index (χ1v) is 11.0. The lowest BCUT2D eigenvalue weighted by molar-refractivity contribution is 0.0692. The standard InChI is InChI=1S/C20H23NO6S/c1-26-19-17(13-9-10-27-11-13)8-5-14(18(19)20(22)23)12-28(24,25)21-15-3-2-4-16(21)7-6-15/h5,8-11,15-16H,2-4,6-7,12H2,1H3,(H,22,23). The molecule has 7 nitrogen and oxygen atoms in total. The first kappa shape index (κ1) is 19.0. The third-order valence-electron chi connectivity index (χ3n) is 5.78. The van der Waals surface area contributed by atoms with Crippen LogP contribution in [0.3, 0.4) is 0 Å². The molecule has 2 unspecified atom stereocenters. The normalized spacial score (nSPS) is 22.3. The van der Waals surface area contributed by atoms with Crippen molar-refractivity contribution in [3.8, 4) is 16.9 Å². The molecular weight excluding hydrogens is 382 g/mol. The van der Waals surface area contributed by atoms with Crippen LogP contribution in [-0.2, 0) is 15.8 Å². The van der Waals surface area contributed by atoms with E-state index in [1.165, 1.54) is 19.6 Å². The van der Waals surface area contributed by atoms with Crippen molar-refractivity contribution in [3.63, 3.8) is 0 Å². The second-order valence-electron chi connectivity index (χ2n) is 7.40. The van der Waals surface area contributed by atoms with Crippen LogP contribution in [-0.4, -0.2) is 43.0 Å². The second kappa shape index (κ2) is 7.25. The van der Waals surface area contributed by atoms with Crippen LogP contribution >= 0.6 is 0 Å². The molecule has 2 bridgehead atoms. The number of rotatable bonds is 6. The topological polar surface area (TPSA) is 97.0 Å². The Morgan fingerprint density at radius 1 is 1.21 bits per heavy atom. The summed E-state index contributed by atoms with van der Waals surface area (Å²) in [5.74, 6) is -1.42. The molecule has 150 valence electrons. The third-order valence-corrected chi connectivity index (χ3v) is 7.70. The molecule has 0 spiro atoms. The number of carboxylic acids is 1. The molecule has 2 aliphatic heterocycles. The monoisotopic (exact) mass is 405 g/mol. The van der Waals surface area contributed by atoms with Crippen molar-refractivity contribution in [2.45, 2.75) is 49.9 Å². The van der Waals surface area contributed by atoms with Gasteiger partial charge in [-0.05, 0) is 37.3 Å². The van der Waals surface area contributed by atoms with Crippen LogP contribution in [0.5, 0.6) is 5.75 Å². The van der Waals surface area contributed by atoms with E-state index < -0.39 is 16.0 Å². The van der Waals surface area contributed by atoms with Gasteiger partial charge in [-0.2, -0.15) is 4.31 Å². The van der Waals surface area contributed by atoms with Crippen molar-refractivity contribution in [3.05, 3.63) is 41.9 Å². The second-order valence-corrected chi connectivity index (χ2v) is 9.27. The molecule has 0 radical (unpaired) electrons. The lowest BCUT2D eigenvalue weighted by Gasteiger charge is -2.33. The first-order chi connectivity index (χ1) is 13.4. The molecule has 2 fully saturated rings. The number of methoxy groups -OCH3 is 1. The van der Waals surface area contributed by atoms with Gasteiger partial charge in [0.05, 0.1) is 25.4 Å². The number of furan rings is 1. The Morgan fingerprint density at radius 2 is 1.93 bits per heavy atom. The SMILES string of the molecule is COc1c(-c2ccoc2)ccc(CS(=O)(=O)N2C3CCCC2CC3)c1C(=O)O. The minimum Gasteiger partial charge on any atom is -0.495 e. The molecule has 1 aromatic heterocycles. The number of nitrogens with zero attached hydrogens (tertiary/aromatic N) is 1. The summed E-state index contributed by atoms with van der Waals surface area (Å²) in [6.07, 6.45) is 7.56. The minimum atomic E-state index is -3.62. The number of hydrogen-bond acceptors (Lipinski definition) is 5. The summed E-state index contributed by atoms with van der Waals surface area (Å²) in [6.45, 7) is 0. The maximum Gasteiger partial charge on any atom is 0.339 e. The van der Waals surface area contributed by atoms with E-state index in [2.05, 4.69) is 0 Å². The highest BCUT2D eigenvalue weighted by Gasteiger charge is 2.43. The molecule has 1 aromatic carbocycles. The van der Waals surface area contributed by atoms with Crippen molar-refractivity contribution in [2.24, 2.45) is 0 Å². The summed E-state index contributed by atoms with van der Waals surface area (Å²) in [7, 11) is -2.24. The van der Waals surface area contributed by atoms with E-state index in [4.69, 9.17) is 9.15 Å². The zero-order chi connectivity index (χ0) is 19.9. The van der Waals surface area contributed by atoms with Gasteiger partial charge in [0.15, 0.2) is 0 Å². The molecule has 2 aliphatic rings. The van der Waals surface area contributed by atoms with E-state index in [1.807, 2.05) is 0 Å². The van der Waals surface area contributed by atoms with Crippen LogP contribution in [0.1, 0.15) is 48.0 Å². The number of ether oxygens (including phenoxy) is 1. The summed E-state index contributed by atoms with van der Waals surface area (Å²) in [5.41, 5.74) is 1.34. The number of fused-ring (bicyclic) bond motifs is 2. The third kappa shape index (κ3) is 3.20. The number of aromatic carboxylic acids is 1. The number of benzene rings is 1. The summed E-state index contributed by atoms with van der Waals surface area (Å²) >= 11 is 0. The van der Waals surface area contributed by atoms with Gasteiger partial charge >= 0.3 is 5.97 Å². The van der Waals surface area contributed by atoms with Gasteiger partial charge in [-0.3, -0.25) is 0 Å². The molecule has 2 saturated heterocycles. The predicted octanol–water partition coefficient (Wildman–Crippen LogP) is 3.50. The molecule has 0 amide bonds. The Bertz CT molecular complexity index is 966. The average Bonchev–Trinajstić information content (AvgIpc) is 3.27. The molecule has 2 atom stereocenters. The van der Waals surface area contributed by atoms with E-state index >= 15 is 0 Å². The highest BCUT2D eigenvalue weighted by atomic mass is 32.2.